The van der Waals surface area contributed by atoms with E-state index in [4.69, 9.17) is 23.7 Å². The first-order valence-corrected chi connectivity index (χ1v) is 13.9. The number of aromatic nitrogens is 2. The van der Waals surface area contributed by atoms with Gasteiger partial charge in [0.05, 0.1) is 28.8 Å². The smallest absolute Gasteiger partial charge is 0.347 e. The Balaban J connectivity index is 1.55. The van der Waals surface area contributed by atoms with Crippen molar-refractivity contribution in [2.24, 2.45) is 0 Å². The van der Waals surface area contributed by atoms with Crippen molar-refractivity contribution in [3.8, 4) is 0 Å². The minimum atomic E-state index is -1.29. The van der Waals surface area contributed by atoms with Gasteiger partial charge in [0.15, 0.2) is 24.5 Å². The Labute approximate surface area is 254 Å². The number of carbonyl (C=O) groups excluding carboxylic acids is 6. The molecule has 4 aromatic rings. The molecule has 0 unspecified atom stereocenters. The molecule has 13 nitrogen and oxygen atoms in total. The quantitative estimate of drug-likeness (QED) is 0.130. The number of rotatable bonds is 7. The largest absolute Gasteiger partial charge is 0.456 e. The van der Waals surface area contributed by atoms with Crippen LogP contribution in [0.15, 0.2) is 60.9 Å². The minimum absolute atomic E-state index is 0.0338. The lowest BCUT2D eigenvalue weighted by atomic mass is 9.95. The van der Waals surface area contributed by atoms with Crippen LogP contribution in [-0.2, 0) is 52.5 Å². The summed E-state index contributed by atoms with van der Waals surface area (Å²) in [4.78, 5) is 74.6. The Bertz CT molecular complexity index is 1950. The summed E-state index contributed by atoms with van der Waals surface area (Å²) in [5, 5.41) is 1.07. The van der Waals surface area contributed by atoms with E-state index in [2.05, 4.69) is 0 Å². The molecule has 1 fully saturated rings. The summed E-state index contributed by atoms with van der Waals surface area (Å²) in [7, 11) is 0. The summed E-state index contributed by atoms with van der Waals surface area (Å²) in [5.74, 6) is -3.85. The maximum atomic E-state index is 13.3. The number of hydrogen-bond acceptors (Lipinski definition) is 11. The van der Waals surface area contributed by atoms with Crippen molar-refractivity contribution in [1.29, 1.82) is 0 Å². The molecule has 4 atom stereocenters. The molecule has 0 N–H and O–H groups in total. The first-order chi connectivity index (χ1) is 21.6. The second-order valence-corrected chi connectivity index (χ2v) is 10.5. The van der Waals surface area contributed by atoms with E-state index in [-0.39, 0.29) is 17.8 Å². The van der Waals surface area contributed by atoms with E-state index in [1.54, 1.807) is 59.3 Å². The highest BCUT2D eigenvalue weighted by Gasteiger charge is 2.48. The molecule has 45 heavy (non-hydrogen) atoms. The molecule has 2 aliphatic rings. The number of benzene rings is 2. The van der Waals surface area contributed by atoms with Crippen molar-refractivity contribution in [3.63, 3.8) is 0 Å². The third kappa shape index (κ3) is 5.16. The fourth-order valence-electron chi connectivity index (χ4n) is 5.95. The normalized spacial score (nSPS) is 21.6. The van der Waals surface area contributed by atoms with Crippen molar-refractivity contribution in [2.75, 3.05) is 6.61 Å². The number of cyclic esters (lactones) is 2. The number of hydrogen-bond donors (Lipinski definition) is 0. The molecule has 6 rings (SSSR count). The molecule has 2 aromatic carbocycles. The van der Waals surface area contributed by atoms with Crippen LogP contribution in [0.2, 0.25) is 0 Å². The predicted octanol–water partition coefficient (Wildman–Crippen LogP) is 2.95. The van der Waals surface area contributed by atoms with Gasteiger partial charge < -0.3 is 28.3 Å². The fourth-order valence-corrected chi connectivity index (χ4v) is 5.95. The van der Waals surface area contributed by atoms with E-state index < -0.39 is 54.4 Å². The van der Waals surface area contributed by atoms with Gasteiger partial charge in [0, 0.05) is 55.1 Å². The number of nitrogens with zero attached hydrogens (tertiary/aromatic N) is 2. The van der Waals surface area contributed by atoms with Crippen molar-refractivity contribution in [2.45, 2.75) is 45.3 Å². The topological polar surface area (TPSA) is 158 Å². The Morgan fingerprint density at radius 2 is 1.29 bits per heavy atom. The van der Waals surface area contributed by atoms with E-state index in [1.165, 1.54) is 31.5 Å². The summed E-state index contributed by atoms with van der Waals surface area (Å²) in [5.41, 5.74) is 1.59. The second kappa shape index (κ2) is 11.5. The van der Waals surface area contributed by atoms with Crippen LogP contribution in [0.4, 0.5) is 0 Å². The van der Waals surface area contributed by atoms with Crippen LogP contribution in [-0.4, -0.2) is 70.3 Å². The van der Waals surface area contributed by atoms with Gasteiger partial charge in [0.1, 0.15) is 0 Å². The molecule has 2 aromatic heterocycles. The maximum absolute atomic E-state index is 13.3. The molecule has 0 aliphatic carbocycles. The zero-order chi connectivity index (χ0) is 32.0. The van der Waals surface area contributed by atoms with Crippen LogP contribution in [0.25, 0.3) is 33.0 Å². The average molecular weight is 615 g/mol. The summed E-state index contributed by atoms with van der Waals surface area (Å²) >= 11 is 0. The zero-order valence-electron chi connectivity index (χ0n) is 24.3. The van der Waals surface area contributed by atoms with E-state index in [0.717, 1.165) is 0 Å². The van der Waals surface area contributed by atoms with Crippen LogP contribution >= 0.6 is 0 Å². The maximum Gasteiger partial charge on any atom is 0.347 e. The van der Waals surface area contributed by atoms with Crippen LogP contribution in [0.1, 0.15) is 38.1 Å². The van der Waals surface area contributed by atoms with Crippen molar-refractivity contribution in [3.05, 3.63) is 72.1 Å². The van der Waals surface area contributed by atoms with E-state index in [0.29, 0.717) is 39.3 Å². The molecule has 2 aliphatic heterocycles. The third-order valence-electron chi connectivity index (χ3n) is 7.58. The number of carbonyl (C=O) groups is 6. The Morgan fingerprint density at radius 3 is 1.89 bits per heavy atom. The number of fused-ring (bicyclic) bond motifs is 2. The molecule has 1 saturated heterocycles. The minimum Gasteiger partial charge on any atom is -0.456 e. The Morgan fingerprint density at radius 1 is 0.756 bits per heavy atom. The molecular weight excluding hydrogens is 588 g/mol. The van der Waals surface area contributed by atoms with Gasteiger partial charge >= 0.3 is 29.8 Å². The van der Waals surface area contributed by atoms with Gasteiger partial charge in [-0.2, -0.15) is 0 Å². The lowest BCUT2D eigenvalue weighted by Crippen LogP contribution is -2.55. The second-order valence-electron chi connectivity index (χ2n) is 10.5. The SMILES string of the molecule is CC(=O)O[C@@H]1[C@@H](OC(C)=O)[C@H](OC(C)=O)CO[C@H]1n1cc(C2=C(c3cn(C=O)c4ccccc34)C(=O)OC2=O)c2ccccc21. The van der Waals surface area contributed by atoms with Gasteiger partial charge in [0.25, 0.3) is 0 Å². The lowest BCUT2D eigenvalue weighted by molar-refractivity contribution is -0.239. The molecule has 13 heteroatoms. The van der Waals surface area contributed by atoms with Gasteiger partial charge in [-0.1, -0.05) is 36.4 Å². The molecule has 0 saturated carbocycles. The number of para-hydroxylation sites is 2. The summed E-state index contributed by atoms with van der Waals surface area (Å²) < 4.78 is 30.6. The molecule has 0 bridgehead atoms. The summed E-state index contributed by atoms with van der Waals surface area (Å²) in [6.07, 6.45) is -1.12. The van der Waals surface area contributed by atoms with Gasteiger partial charge in [-0.3, -0.25) is 23.7 Å². The van der Waals surface area contributed by atoms with Crippen molar-refractivity contribution < 1.29 is 52.5 Å². The predicted molar refractivity (Wildman–Crippen MR) is 156 cm³/mol. The standard InChI is InChI=1S/C32H26N2O11/c1-16(36)42-25-14-41-30(29(44-18(3)38)28(25)43-17(2)37)34-13-22(20-9-5-7-11-24(20)34)27-26(31(39)45-32(27)40)21-12-33(15-35)23-10-6-4-8-19(21)23/h4-13,15,25,28-30H,14H2,1-3H3/t25-,28+,29-,30-/m1/s1. The highest BCUT2D eigenvalue weighted by molar-refractivity contribution is 6.46. The molecule has 0 amide bonds. The summed E-state index contributed by atoms with van der Waals surface area (Å²) in [6.45, 7) is 3.30. The Kier molecular flexibility index (Phi) is 7.54. The van der Waals surface area contributed by atoms with Crippen molar-refractivity contribution in [1.82, 2.24) is 9.13 Å². The molecule has 0 radical (unpaired) electrons. The number of ether oxygens (including phenoxy) is 5. The van der Waals surface area contributed by atoms with E-state index in [9.17, 15) is 28.8 Å². The van der Waals surface area contributed by atoms with Crippen LogP contribution in [0.3, 0.4) is 0 Å². The van der Waals surface area contributed by atoms with Crippen LogP contribution in [0.5, 0.6) is 0 Å². The van der Waals surface area contributed by atoms with Crippen LogP contribution < -0.4 is 0 Å². The van der Waals surface area contributed by atoms with Gasteiger partial charge in [0.2, 0.25) is 6.41 Å². The molecule has 0 spiro atoms. The van der Waals surface area contributed by atoms with E-state index in [1.807, 2.05) is 0 Å². The number of esters is 5. The zero-order valence-corrected chi connectivity index (χ0v) is 24.3. The first kappa shape index (κ1) is 29.5. The monoisotopic (exact) mass is 614 g/mol. The Hall–Kier alpha value is -5.56. The van der Waals surface area contributed by atoms with Crippen molar-refractivity contribution >= 4 is 69.2 Å². The highest BCUT2D eigenvalue weighted by atomic mass is 16.6. The van der Waals surface area contributed by atoms with Gasteiger partial charge in [-0.15, -0.1) is 0 Å². The summed E-state index contributed by atoms with van der Waals surface area (Å²) in [6, 6.07) is 13.9. The molecule has 4 heterocycles. The van der Waals surface area contributed by atoms with Gasteiger partial charge in [-0.05, 0) is 12.1 Å². The van der Waals surface area contributed by atoms with Crippen LogP contribution in [0, 0.1) is 0 Å². The lowest BCUT2D eigenvalue weighted by Gasteiger charge is -2.41. The molecule has 230 valence electrons. The fraction of sp³-hybridized carbons (Fsp3) is 0.250. The highest BCUT2D eigenvalue weighted by Crippen LogP contribution is 2.42. The average Bonchev–Trinajstić information content (AvgIpc) is 3.64. The first-order valence-electron chi connectivity index (χ1n) is 13.9. The third-order valence-corrected chi connectivity index (χ3v) is 7.58. The van der Waals surface area contributed by atoms with Gasteiger partial charge in [-0.25, -0.2) is 9.59 Å². The molecular formula is C32H26N2O11. The van der Waals surface area contributed by atoms with E-state index >= 15 is 0 Å².